The Kier molecular flexibility index (Phi) is 5.97. The third kappa shape index (κ3) is 4.36. The van der Waals surface area contributed by atoms with E-state index in [0.717, 1.165) is 12.7 Å². The van der Waals surface area contributed by atoms with E-state index in [1.807, 2.05) is 30.3 Å². The summed E-state index contributed by atoms with van der Waals surface area (Å²) < 4.78 is 0. The Morgan fingerprint density at radius 1 is 1.21 bits per heavy atom. The predicted molar refractivity (Wildman–Crippen MR) is 72.8 cm³/mol. The summed E-state index contributed by atoms with van der Waals surface area (Å²) in [6.45, 7) is 0.513. The lowest BCUT2D eigenvalue weighted by Crippen LogP contribution is -2.04. The van der Waals surface area contributed by atoms with Crippen molar-refractivity contribution in [1.29, 1.82) is 0 Å². The zero-order chi connectivity index (χ0) is 14.1. The summed E-state index contributed by atoms with van der Waals surface area (Å²) in [7, 11) is 1.00. The van der Waals surface area contributed by atoms with Gasteiger partial charge in [0.15, 0.2) is 0 Å². The van der Waals surface area contributed by atoms with Crippen molar-refractivity contribution in [1.82, 2.24) is 4.98 Å². The molecule has 1 aromatic carbocycles. The number of rotatable bonds is 4. The van der Waals surface area contributed by atoms with Crippen LogP contribution in [0.4, 0.5) is 11.5 Å². The first-order valence-electron chi connectivity index (χ1n) is 5.59. The van der Waals surface area contributed by atoms with Crippen molar-refractivity contribution < 1.29 is 10.0 Å². The van der Waals surface area contributed by atoms with Crippen molar-refractivity contribution in [3.8, 4) is 0 Å². The predicted octanol–water partition coefficient (Wildman–Crippen LogP) is 2.21. The molecule has 6 nitrogen and oxygen atoms in total. The second kappa shape index (κ2) is 7.78. The van der Waals surface area contributed by atoms with Crippen LogP contribution in [0.25, 0.3) is 0 Å². The fourth-order valence-electron chi connectivity index (χ4n) is 1.46. The number of aliphatic hydroxyl groups excluding tert-OH is 1. The molecule has 1 heterocycles. The normalized spacial score (nSPS) is 9.16. The highest BCUT2D eigenvalue weighted by Crippen LogP contribution is 2.20. The number of benzene rings is 1. The molecule has 100 valence electrons. The zero-order valence-electron chi connectivity index (χ0n) is 10.5. The molecule has 0 aliphatic rings. The van der Waals surface area contributed by atoms with Gasteiger partial charge >= 0.3 is 5.69 Å². The lowest BCUT2D eigenvalue weighted by Gasteiger charge is -2.05. The number of aromatic nitrogens is 1. The zero-order valence-corrected chi connectivity index (χ0v) is 10.5. The molecule has 0 unspecified atom stereocenters. The number of nitrogens with zero attached hydrogens (tertiary/aromatic N) is 2. The van der Waals surface area contributed by atoms with Crippen LogP contribution in [0.15, 0.2) is 48.7 Å². The Labute approximate surface area is 110 Å². The first kappa shape index (κ1) is 14.6. The van der Waals surface area contributed by atoms with Gasteiger partial charge in [-0.15, -0.1) is 0 Å². The number of nitro groups is 1. The molecule has 0 saturated heterocycles. The van der Waals surface area contributed by atoms with Crippen LogP contribution in [0.2, 0.25) is 0 Å². The van der Waals surface area contributed by atoms with Crippen LogP contribution in [0.3, 0.4) is 0 Å². The molecule has 6 heteroatoms. The maximum Gasteiger partial charge on any atom is 0.311 e. The average molecular weight is 261 g/mol. The minimum absolute atomic E-state index is 0.0107. The van der Waals surface area contributed by atoms with E-state index in [1.54, 1.807) is 6.07 Å². The lowest BCUT2D eigenvalue weighted by atomic mass is 10.2. The van der Waals surface area contributed by atoms with Gasteiger partial charge < -0.3 is 10.4 Å². The fraction of sp³-hybridized carbons (Fsp3) is 0.154. The molecular weight excluding hydrogens is 246 g/mol. The molecule has 0 bridgehead atoms. The number of hydrogen-bond donors (Lipinski definition) is 2. The number of nitrogens with one attached hydrogen (secondary N) is 1. The van der Waals surface area contributed by atoms with Gasteiger partial charge in [0, 0.05) is 25.9 Å². The van der Waals surface area contributed by atoms with Crippen molar-refractivity contribution in [2.45, 2.75) is 6.54 Å². The molecule has 0 saturated carbocycles. The lowest BCUT2D eigenvalue weighted by molar-refractivity contribution is -0.384. The standard InChI is InChI=1S/C12H11N3O2.CH4O/c16-15(17)11-7-4-8-13-12(11)14-9-10-5-2-1-3-6-10;1-2/h1-8H,9H2,(H,13,14);2H,1H3. The quantitative estimate of drug-likeness (QED) is 0.650. The Bertz CT molecular complexity index is 518. The van der Waals surface area contributed by atoms with Gasteiger partial charge in [0.05, 0.1) is 4.92 Å². The Balaban J connectivity index is 0.000000861. The third-order valence-electron chi connectivity index (χ3n) is 2.29. The molecule has 0 fully saturated rings. The van der Waals surface area contributed by atoms with Gasteiger partial charge in [-0.05, 0) is 11.6 Å². The fourth-order valence-corrected chi connectivity index (χ4v) is 1.46. The minimum Gasteiger partial charge on any atom is -0.400 e. The van der Waals surface area contributed by atoms with Gasteiger partial charge in [-0.3, -0.25) is 10.1 Å². The van der Waals surface area contributed by atoms with Gasteiger partial charge in [-0.2, -0.15) is 0 Å². The molecular formula is C13H15N3O3. The number of hydrogen-bond acceptors (Lipinski definition) is 5. The summed E-state index contributed by atoms with van der Waals surface area (Å²) in [4.78, 5) is 14.3. The van der Waals surface area contributed by atoms with Gasteiger partial charge in [0.25, 0.3) is 0 Å². The van der Waals surface area contributed by atoms with E-state index in [4.69, 9.17) is 5.11 Å². The first-order chi connectivity index (χ1) is 9.27. The Morgan fingerprint density at radius 2 is 1.89 bits per heavy atom. The summed E-state index contributed by atoms with van der Waals surface area (Å²) in [5, 5.41) is 20.7. The maximum absolute atomic E-state index is 10.8. The van der Waals surface area contributed by atoms with Crippen LogP contribution < -0.4 is 5.32 Å². The van der Waals surface area contributed by atoms with E-state index in [9.17, 15) is 10.1 Å². The van der Waals surface area contributed by atoms with Crippen molar-refractivity contribution in [2.75, 3.05) is 12.4 Å². The SMILES string of the molecule is CO.O=[N+]([O-])c1cccnc1NCc1ccccc1. The van der Waals surface area contributed by atoms with Crippen LogP contribution in [0, 0.1) is 10.1 Å². The maximum atomic E-state index is 10.8. The summed E-state index contributed by atoms with van der Waals surface area (Å²) in [5.74, 6) is 0.293. The van der Waals surface area contributed by atoms with Crippen LogP contribution in [0.1, 0.15) is 5.56 Å². The van der Waals surface area contributed by atoms with Crippen molar-refractivity contribution in [3.05, 3.63) is 64.3 Å². The summed E-state index contributed by atoms with van der Waals surface area (Å²) in [6.07, 6.45) is 1.53. The second-order valence-electron chi connectivity index (χ2n) is 3.47. The van der Waals surface area contributed by atoms with Crippen molar-refractivity contribution >= 4 is 11.5 Å². The van der Waals surface area contributed by atoms with Crippen LogP contribution >= 0.6 is 0 Å². The smallest absolute Gasteiger partial charge is 0.311 e. The largest absolute Gasteiger partial charge is 0.400 e. The molecule has 0 atom stereocenters. The van der Waals surface area contributed by atoms with Gasteiger partial charge in [0.1, 0.15) is 0 Å². The third-order valence-corrected chi connectivity index (χ3v) is 2.29. The summed E-state index contributed by atoms with van der Waals surface area (Å²) in [5.41, 5.74) is 1.04. The van der Waals surface area contributed by atoms with Gasteiger partial charge in [-0.25, -0.2) is 4.98 Å². The Morgan fingerprint density at radius 3 is 2.53 bits per heavy atom. The number of pyridine rings is 1. The van der Waals surface area contributed by atoms with Gasteiger partial charge in [-0.1, -0.05) is 30.3 Å². The van der Waals surface area contributed by atoms with Gasteiger partial charge in [0.2, 0.25) is 5.82 Å². The van der Waals surface area contributed by atoms with E-state index in [1.165, 1.54) is 12.3 Å². The number of anilines is 1. The molecule has 19 heavy (non-hydrogen) atoms. The molecule has 2 N–H and O–H groups in total. The highest BCUT2D eigenvalue weighted by atomic mass is 16.6. The van der Waals surface area contributed by atoms with E-state index in [2.05, 4.69) is 10.3 Å². The highest BCUT2D eigenvalue weighted by Gasteiger charge is 2.12. The number of aliphatic hydroxyl groups is 1. The topological polar surface area (TPSA) is 88.3 Å². The molecule has 0 amide bonds. The molecule has 0 radical (unpaired) electrons. The van der Waals surface area contributed by atoms with Crippen LogP contribution in [-0.2, 0) is 6.54 Å². The van der Waals surface area contributed by atoms with E-state index < -0.39 is 4.92 Å². The second-order valence-corrected chi connectivity index (χ2v) is 3.47. The average Bonchev–Trinajstić information content (AvgIpc) is 2.48. The molecule has 0 aliphatic heterocycles. The highest BCUT2D eigenvalue weighted by molar-refractivity contribution is 5.55. The van der Waals surface area contributed by atoms with E-state index in [-0.39, 0.29) is 5.69 Å². The van der Waals surface area contributed by atoms with E-state index >= 15 is 0 Å². The first-order valence-corrected chi connectivity index (χ1v) is 5.59. The molecule has 0 spiro atoms. The molecule has 1 aromatic heterocycles. The Hall–Kier alpha value is -2.47. The van der Waals surface area contributed by atoms with Crippen molar-refractivity contribution in [3.63, 3.8) is 0 Å². The van der Waals surface area contributed by atoms with Crippen LogP contribution in [0.5, 0.6) is 0 Å². The monoisotopic (exact) mass is 261 g/mol. The molecule has 2 rings (SSSR count). The minimum atomic E-state index is -0.444. The summed E-state index contributed by atoms with van der Waals surface area (Å²) in [6, 6.07) is 12.6. The van der Waals surface area contributed by atoms with E-state index in [0.29, 0.717) is 12.4 Å². The molecule has 2 aromatic rings. The molecule has 0 aliphatic carbocycles. The van der Waals surface area contributed by atoms with Crippen molar-refractivity contribution in [2.24, 2.45) is 0 Å². The summed E-state index contributed by atoms with van der Waals surface area (Å²) >= 11 is 0. The van der Waals surface area contributed by atoms with Crippen LogP contribution in [-0.4, -0.2) is 22.1 Å².